The molecular weight excluding hydrogens is 290 g/mol. The zero-order valence-electron chi connectivity index (χ0n) is 11.8. The number of nitrogens with zero attached hydrogens (tertiary/aromatic N) is 3. The zero-order chi connectivity index (χ0) is 14.8. The maximum Gasteiger partial charge on any atom is 0.262 e. The Labute approximate surface area is 126 Å². The van der Waals surface area contributed by atoms with Crippen LogP contribution in [0.4, 0.5) is 0 Å². The van der Waals surface area contributed by atoms with E-state index in [1.54, 1.807) is 11.0 Å². The van der Waals surface area contributed by atoms with E-state index in [2.05, 4.69) is 4.98 Å². The molecule has 1 fully saturated rings. The van der Waals surface area contributed by atoms with Crippen LogP contribution in [0.5, 0.6) is 0 Å². The van der Waals surface area contributed by atoms with Crippen LogP contribution in [-0.2, 0) is 16.1 Å². The molecule has 2 aromatic heterocycles. The Balaban J connectivity index is 1.77. The average molecular weight is 307 g/mol. The second kappa shape index (κ2) is 5.95. The number of carbonyl (C=O) groups is 1. The van der Waals surface area contributed by atoms with Crippen molar-refractivity contribution in [3.63, 3.8) is 0 Å². The highest BCUT2D eigenvalue weighted by molar-refractivity contribution is 7.16. The van der Waals surface area contributed by atoms with Crippen LogP contribution in [0.3, 0.4) is 0 Å². The number of rotatable bonds is 3. The van der Waals surface area contributed by atoms with E-state index in [0.29, 0.717) is 29.9 Å². The minimum Gasteiger partial charge on any atom is -0.375 e. The smallest absolute Gasteiger partial charge is 0.262 e. The van der Waals surface area contributed by atoms with Crippen LogP contribution in [0.1, 0.15) is 13.3 Å². The monoisotopic (exact) mass is 307 g/mol. The van der Waals surface area contributed by atoms with Gasteiger partial charge in [0.05, 0.1) is 24.4 Å². The fourth-order valence-corrected chi connectivity index (χ4v) is 3.17. The molecule has 0 spiro atoms. The number of thiophene rings is 1. The molecule has 1 unspecified atom stereocenters. The molecule has 6 nitrogen and oxygen atoms in total. The molecular formula is C14H17N3O3S. The molecule has 0 saturated carbocycles. The standard InChI is InChI=1S/C14H17N3O3S/c1-2-10-7-16(4-5-20-10)12(18)8-17-9-15-13-11(14(17)19)3-6-21-13/h3,6,9-10H,2,4-5,7-8H2,1H3. The SMILES string of the molecule is CCC1CN(C(=O)Cn2cnc3sccc3c2=O)CCO1. The molecule has 112 valence electrons. The lowest BCUT2D eigenvalue weighted by Gasteiger charge is -2.32. The van der Waals surface area contributed by atoms with Crippen LogP contribution in [0.15, 0.2) is 22.6 Å². The van der Waals surface area contributed by atoms with Gasteiger partial charge in [0, 0.05) is 13.1 Å². The topological polar surface area (TPSA) is 64.4 Å². The van der Waals surface area contributed by atoms with Gasteiger partial charge in [-0.15, -0.1) is 11.3 Å². The predicted octanol–water partition coefficient (Wildman–Crippen LogP) is 1.10. The van der Waals surface area contributed by atoms with E-state index in [4.69, 9.17) is 4.74 Å². The maximum absolute atomic E-state index is 12.3. The van der Waals surface area contributed by atoms with Crippen molar-refractivity contribution in [2.45, 2.75) is 26.0 Å². The van der Waals surface area contributed by atoms with Gasteiger partial charge in [0.1, 0.15) is 11.4 Å². The lowest BCUT2D eigenvalue weighted by Crippen LogP contribution is -2.47. The number of aromatic nitrogens is 2. The van der Waals surface area contributed by atoms with Gasteiger partial charge < -0.3 is 9.64 Å². The summed E-state index contributed by atoms with van der Waals surface area (Å²) in [5.74, 6) is -0.0600. The summed E-state index contributed by atoms with van der Waals surface area (Å²) >= 11 is 1.42. The summed E-state index contributed by atoms with van der Waals surface area (Å²) in [5, 5.41) is 2.41. The largest absolute Gasteiger partial charge is 0.375 e. The molecule has 7 heteroatoms. The quantitative estimate of drug-likeness (QED) is 0.851. The first-order valence-corrected chi connectivity index (χ1v) is 7.89. The maximum atomic E-state index is 12.3. The van der Waals surface area contributed by atoms with Crippen molar-refractivity contribution >= 4 is 27.5 Å². The highest BCUT2D eigenvalue weighted by Gasteiger charge is 2.23. The van der Waals surface area contributed by atoms with Gasteiger partial charge in [-0.2, -0.15) is 0 Å². The lowest BCUT2D eigenvalue weighted by molar-refractivity contribution is -0.139. The third-order valence-corrected chi connectivity index (χ3v) is 4.52. The van der Waals surface area contributed by atoms with Crippen LogP contribution < -0.4 is 5.56 Å². The Bertz CT molecular complexity index is 709. The lowest BCUT2D eigenvalue weighted by atomic mass is 10.2. The Morgan fingerprint density at radius 2 is 2.43 bits per heavy atom. The van der Waals surface area contributed by atoms with Gasteiger partial charge in [-0.25, -0.2) is 4.98 Å². The van der Waals surface area contributed by atoms with Gasteiger partial charge in [0.2, 0.25) is 5.91 Å². The van der Waals surface area contributed by atoms with Gasteiger partial charge in [-0.3, -0.25) is 14.2 Å². The Hall–Kier alpha value is -1.73. The van der Waals surface area contributed by atoms with Gasteiger partial charge in [-0.1, -0.05) is 6.92 Å². The molecule has 0 bridgehead atoms. The third-order valence-electron chi connectivity index (χ3n) is 3.70. The van der Waals surface area contributed by atoms with Crippen LogP contribution in [0.25, 0.3) is 10.2 Å². The van der Waals surface area contributed by atoms with Gasteiger partial charge in [-0.05, 0) is 17.9 Å². The van der Waals surface area contributed by atoms with Crippen LogP contribution in [0.2, 0.25) is 0 Å². The van der Waals surface area contributed by atoms with E-state index in [9.17, 15) is 9.59 Å². The summed E-state index contributed by atoms with van der Waals surface area (Å²) < 4.78 is 6.94. The van der Waals surface area contributed by atoms with Crippen molar-refractivity contribution in [1.82, 2.24) is 14.5 Å². The molecule has 0 N–H and O–H groups in total. The van der Waals surface area contributed by atoms with Crippen molar-refractivity contribution in [3.8, 4) is 0 Å². The summed E-state index contributed by atoms with van der Waals surface area (Å²) in [6.45, 7) is 3.81. The summed E-state index contributed by atoms with van der Waals surface area (Å²) in [4.78, 5) is 31.3. The van der Waals surface area contributed by atoms with Crippen molar-refractivity contribution in [3.05, 3.63) is 28.1 Å². The number of hydrogen-bond donors (Lipinski definition) is 0. The van der Waals surface area contributed by atoms with E-state index in [1.807, 2.05) is 12.3 Å². The van der Waals surface area contributed by atoms with E-state index in [0.717, 1.165) is 6.42 Å². The number of amides is 1. The zero-order valence-corrected chi connectivity index (χ0v) is 12.6. The van der Waals surface area contributed by atoms with Crippen molar-refractivity contribution in [2.75, 3.05) is 19.7 Å². The molecule has 0 aromatic carbocycles. The molecule has 2 aromatic rings. The normalized spacial score (nSPS) is 19.1. The number of morpholine rings is 1. The predicted molar refractivity (Wildman–Crippen MR) is 80.5 cm³/mol. The second-order valence-electron chi connectivity index (χ2n) is 5.06. The highest BCUT2D eigenvalue weighted by atomic mass is 32.1. The van der Waals surface area contributed by atoms with Crippen LogP contribution in [0, 0.1) is 0 Å². The molecule has 0 radical (unpaired) electrons. The summed E-state index contributed by atoms with van der Waals surface area (Å²) in [5.41, 5.74) is -0.157. The first-order valence-electron chi connectivity index (χ1n) is 7.01. The molecule has 1 atom stereocenters. The number of ether oxygens (including phenoxy) is 1. The minimum absolute atomic E-state index is 0.0358. The highest BCUT2D eigenvalue weighted by Crippen LogP contribution is 2.13. The Kier molecular flexibility index (Phi) is 4.03. The van der Waals surface area contributed by atoms with Crippen molar-refractivity contribution < 1.29 is 9.53 Å². The average Bonchev–Trinajstić information content (AvgIpc) is 2.99. The Morgan fingerprint density at radius 3 is 3.24 bits per heavy atom. The third kappa shape index (κ3) is 2.84. The van der Waals surface area contributed by atoms with E-state index >= 15 is 0 Å². The molecule has 1 saturated heterocycles. The summed E-state index contributed by atoms with van der Waals surface area (Å²) in [7, 11) is 0. The molecule has 21 heavy (non-hydrogen) atoms. The molecule has 0 aliphatic carbocycles. The Morgan fingerprint density at radius 1 is 1.57 bits per heavy atom. The number of carbonyl (C=O) groups excluding carboxylic acids is 1. The van der Waals surface area contributed by atoms with Gasteiger partial charge in [0.25, 0.3) is 5.56 Å². The number of hydrogen-bond acceptors (Lipinski definition) is 5. The van der Waals surface area contributed by atoms with Crippen molar-refractivity contribution in [1.29, 1.82) is 0 Å². The van der Waals surface area contributed by atoms with Gasteiger partial charge in [0.15, 0.2) is 0 Å². The van der Waals surface area contributed by atoms with E-state index < -0.39 is 0 Å². The van der Waals surface area contributed by atoms with Crippen molar-refractivity contribution in [2.24, 2.45) is 0 Å². The molecule has 1 aliphatic rings. The minimum atomic E-state index is -0.157. The van der Waals surface area contributed by atoms with Gasteiger partial charge >= 0.3 is 0 Å². The summed E-state index contributed by atoms with van der Waals surface area (Å²) in [6, 6.07) is 1.75. The fraction of sp³-hybridized carbons (Fsp3) is 0.500. The van der Waals surface area contributed by atoms with E-state index in [-0.39, 0.29) is 24.1 Å². The van der Waals surface area contributed by atoms with Crippen LogP contribution >= 0.6 is 11.3 Å². The first kappa shape index (κ1) is 14.2. The summed E-state index contributed by atoms with van der Waals surface area (Å²) in [6.07, 6.45) is 2.43. The molecule has 1 amide bonds. The van der Waals surface area contributed by atoms with E-state index in [1.165, 1.54) is 22.2 Å². The molecule has 1 aliphatic heterocycles. The first-order chi connectivity index (χ1) is 10.2. The molecule has 3 rings (SSSR count). The van der Waals surface area contributed by atoms with Crippen LogP contribution in [-0.4, -0.2) is 46.2 Å². The number of fused-ring (bicyclic) bond motifs is 1. The molecule has 3 heterocycles. The second-order valence-corrected chi connectivity index (χ2v) is 5.95. The fourth-order valence-electron chi connectivity index (χ4n) is 2.44.